The van der Waals surface area contributed by atoms with E-state index in [2.05, 4.69) is 10.1 Å². The second-order valence-corrected chi connectivity index (χ2v) is 2.97. The van der Waals surface area contributed by atoms with Crippen LogP contribution in [0.15, 0.2) is 30.3 Å². The maximum absolute atomic E-state index is 11.2. The fraction of sp³-hybridized carbons (Fsp3) is 0.273. The van der Waals surface area contributed by atoms with Gasteiger partial charge in [-0.2, -0.15) is 0 Å². The predicted octanol–water partition coefficient (Wildman–Crippen LogP) is 1.34. The van der Waals surface area contributed by atoms with Crippen LogP contribution in [-0.4, -0.2) is 25.2 Å². The summed E-state index contributed by atoms with van der Waals surface area (Å²) in [7, 11) is 0. The summed E-state index contributed by atoms with van der Waals surface area (Å²) >= 11 is 0. The van der Waals surface area contributed by atoms with Crippen molar-refractivity contribution < 1.29 is 19.1 Å². The maximum atomic E-state index is 11.2. The third-order valence-corrected chi connectivity index (χ3v) is 1.63. The molecular formula is C11H13NO4. The summed E-state index contributed by atoms with van der Waals surface area (Å²) in [6, 6.07) is 8.70. The van der Waals surface area contributed by atoms with Crippen LogP contribution in [0.25, 0.3) is 0 Å². The molecule has 1 rings (SSSR count). The van der Waals surface area contributed by atoms with Crippen LogP contribution < -0.4 is 10.1 Å². The third-order valence-electron chi connectivity index (χ3n) is 1.63. The van der Waals surface area contributed by atoms with Crippen molar-refractivity contribution in [3.05, 3.63) is 30.3 Å². The lowest BCUT2D eigenvalue weighted by Crippen LogP contribution is -2.30. The first kappa shape index (κ1) is 12.0. The van der Waals surface area contributed by atoms with Crippen molar-refractivity contribution in [2.45, 2.75) is 6.92 Å². The molecule has 1 aromatic rings. The van der Waals surface area contributed by atoms with E-state index in [1.165, 1.54) is 6.92 Å². The normalized spacial score (nSPS) is 9.31. The molecule has 16 heavy (non-hydrogen) atoms. The highest BCUT2D eigenvalue weighted by molar-refractivity contribution is 5.70. The Labute approximate surface area is 93.4 Å². The SMILES string of the molecule is CC(=O)OCCNC(=O)Oc1ccccc1. The smallest absolute Gasteiger partial charge is 0.412 e. The van der Waals surface area contributed by atoms with Gasteiger partial charge in [0.2, 0.25) is 0 Å². The van der Waals surface area contributed by atoms with E-state index in [-0.39, 0.29) is 19.1 Å². The average molecular weight is 223 g/mol. The molecule has 1 N–H and O–H groups in total. The molecule has 0 fully saturated rings. The van der Waals surface area contributed by atoms with Gasteiger partial charge in [-0.3, -0.25) is 4.79 Å². The van der Waals surface area contributed by atoms with E-state index < -0.39 is 6.09 Å². The van der Waals surface area contributed by atoms with Crippen molar-refractivity contribution in [1.82, 2.24) is 5.32 Å². The first-order valence-corrected chi connectivity index (χ1v) is 4.82. The van der Waals surface area contributed by atoms with E-state index in [0.717, 1.165) is 0 Å². The predicted molar refractivity (Wildman–Crippen MR) is 57.1 cm³/mol. The summed E-state index contributed by atoms with van der Waals surface area (Å²) in [4.78, 5) is 21.6. The fourth-order valence-electron chi connectivity index (χ4n) is 0.980. The largest absolute Gasteiger partial charge is 0.464 e. The first-order chi connectivity index (χ1) is 7.68. The van der Waals surface area contributed by atoms with Crippen molar-refractivity contribution in [1.29, 1.82) is 0 Å². The second-order valence-electron chi connectivity index (χ2n) is 2.97. The van der Waals surface area contributed by atoms with E-state index >= 15 is 0 Å². The molecule has 0 aliphatic carbocycles. The summed E-state index contributed by atoms with van der Waals surface area (Å²) in [6.07, 6.45) is -0.571. The Hall–Kier alpha value is -2.04. The molecule has 0 saturated heterocycles. The van der Waals surface area contributed by atoms with E-state index in [0.29, 0.717) is 5.75 Å². The van der Waals surface area contributed by atoms with Crippen molar-refractivity contribution >= 4 is 12.1 Å². The van der Waals surface area contributed by atoms with Crippen LogP contribution >= 0.6 is 0 Å². The third kappa shape index (κ3) is 4.99. The average Bonchev–Trinajstić information content (AvgIpc) is 2.25. The van der Waals surface area contributed by atoms with E-state index in [9.17, 15) is 9.59 Å². The Morgan fingerprint density at radius 3 is 2.56 bits per heavy atom. The van der Waals surface area contributed by atoms with Gasteiger partial charge in [0.25, 0.3) is 0 Å². The van der Waals surface area contributed by atoms with Gasteiger partial charge < -0.3 is 14.8 Å². The van der Waals surface area contributed by atoms with Crippen LogP contribution in [0, 0.1) is 0 Å². The Kier molecular flexibility index (Phi) is 4.85. The highest BCUT2D eigenvalue weighted by Crippen LogP contribution is 2.07. The highest BCUT2D eigenvalue weighted by atomic mass is 16.6. The number of hydrogen-bond acceptors (Lipinski definition) is 4. The molecule has 5 nitrogen and oxygen atoms in total. The van der Waals surface area contributed by atoms with Crippen molar-refractivity contribution in [2.75, 3.05) is 13.2 Å². The van der Waals surface area contributed by atoms with Gasteiger partial charge in [0, 0.05) is 6.92 Å². The number of hydrogen-bond donors (Lipinski definition) is 1. The molecule has 86 valence electrons. The number of ether oxygens (including phenoxy) is 2. The van der Waals surface area contributed by atoms with Gasteiger partial charge in [-0.25, -0.2) is 4.79 Å². The van der Waals surface area contributed by atoms with Crippen molar-refractivity contribution in [3.8, 4) is 5.75 Å². The molecule has 0 heterocycles. The van der Waals surface area contributed by atoms with Gasteiger partial charge in [-0.05, 0) is 12.1 Å². The standard InChI is InChI=1S/C11H13NO4/c1-9(13)15-8-7-12-11(14)16-10-5-3-2-4-6-10/h2-6H,7-8H2,1H3,(H,12,14). The van der Waals surface area contributed by atoms with Gasteiger partial charge >= 0.3 is 12.1 Å². The lowest BCUT2D eigenvalue weighted by molar-refractivity contribution is -0.140. The lowest BCUT2D eigenvalue weighted by Gasteiger charge is -2.06. The monoisotopic (exact) mass is 223 g/mol. The molecule has 0 atom stereocenters. The number of nitrogens with one attached hydrogen (secondary N) is 1. The van der Waals surface area contributed by atoms with Crippen LogP contribution in [0.5, 0.6) is 5.75 Å². The minimum absolute atomic E-state index is 0.138. The van der Waals surface area contributed by atoms with Crippen molar-refractivity contribution in [3.63, 3.8) is 0 Å². The van der Waals surface area contributed by atoms with Gasteiger partial charge in [0.05, 0.1) is 6.54 Å². The lowest BCUT2D eigenvalue weighted by atomic mass is 10.3. The Bertz CT molecular complexity index is 350. The number of carbonyl (C=O) groups excluding carboxylic acids is 2. The van der Waals surface area contributed by atoms with Crippen LogP contribution in [0.3, 0.4) is 0 Å². The molecule has 0 aliphatic heterocycles. The molecule has 0 aliphatic rings. The van der Waals surface area contributed by atoms with Crippen LogP contribution in [0.4, 0.5) is 4.79 Å². The fourth-order valence-corrected chi connectivity index (χ4v) is 0.980. The molecule has 0 bridgehead atoms. The van der Waals surface area contributed by atoms with Gasteiger partial charge in [-0.15, -0.1) is 0 Å². The molecule has 0 aromatic heterocycles. The Morgan fingerprint density at radius 2 is 1.94 bits per heavy atom. The number of carbonyl (C=O) groups is 2. The van der Waals surface area contributed by atoms with Gasteiger partial charge in [0.1, 0.15) is 12.4 Å². The molecule has 5 heteroatoms. The summed E-state index contributed by atoms with van der Waals surface area (Å²) in [5.74, 6) is 0.0886. The zero-order chi connectivity index (χ0) is 11.8. The number of benzene rings is 1. The van der Waals surface area contributed by atoms with E-state index in [4.69, 9.17) is 4.74 Å². The number of rotatable bonds is 4. The molecule has 1 aromatic carbocycles. The summed E-state index contributed by atoms with van der Waals surface area (Å²) in [5.41, 5.74) is 0. The molecule has 0 unspecified atom stereocenters. The summed E-state index contributed by atoms with van der Waals surface area (Å²) in [6.45, 7) is 1.67. The van der Waals surface area contributed by atoms with Gasteiger partial charge in [0.15, 0.2) is 0 Å². The topological polar surface area (TPSA) is 64.6 Å². The Balaban J connectivity index is 2.19. The Morgan fingerprint density at radius 1 is 1.25 bits per heavy atom. The maximum Gasteiger partial charge on any atom is 0.412 e. The number of para-hydroxylation sites is 1. The minimum Gasteiger partial charge on any atom is -0.464 e. The quantitative estimate of drug-likeness (QED) is 0.618. The number of amides is 1. The highest BCUT2D eigenvalue weighted by Gasteiger charge is 2.02. The van der Waals surface area contributed by atoms with Crippen molar-refractivity contribution in [2.24, 2.45) is 0 Å². The zero-order valence-electron chi connectivity index (χ0n) is 8.93. The zero-order valence-corrected chi connectivity index (χ0v) is 8.93. The second kappa shape index (κ2) is 6.44. The van der Waals surface area contributed by atoms with E-state index in [1.807, 2.05) is 6.07 Å². The molecule has 0 radical (unpaired) electrons. The first-order valence-electron chi connectivity index (χ1n) is 4.82. The number of esters is 1. The minimum atomic E-state index is -0.571. The van der Waals surface area contributed by atoms with Crippen LogP contribution in [0.2, 0.25) is 0 Å². The molecular weight excluding hydrogens is 210 g/mol. The summed E-state index contributed by atoms with van der Waals surface area (Å²) in [5, 5.41) is 2.45. The molecule has 1 amide bonds. The van der Waals surface area contributed by atoms with Gasteiger partial charge in [-0.1, -0.05) is 18.2 Å². The van der Waals surface area contributed by atoms with Crippen LogP contribution in [0.1, 0.15) is 6.92 Å². The molecule has 0 spiro atoms. The summed E-state index contributed by atoms with van der Waals surface area (Å²) < 4.78 is 9.56. The molecule has 0 saturated carbocycles. The van der Waals surface area contributed by atoms with E-state index in [1.54, 1.807) is 24.3 Å². The van der Waals surface area contributed by atoms with Crippen LogP contribution in [-0.2, 0) is 9.53 Å².